The molecule has 19 heavy (non-hydrogen) atoms. The number of hydrogen-bond donors (Lipinski definition) is 1. The fraction of sp³-hybridized carbons (Fsp3) is 0.500. The van der Waals surface area contributed by atoms with E-state index in [1.807, 2.05) is 43.9 Å². The van der Waals surface area contributed by atoms with Gasteiger partial charge in [0.15, 0.2) is 0 Å². The lowest BCUT2D eigenvalue weighted by molar-refractivity contribution is -0.139. The Morgan fingerprint density at radius 2 is 2.05 bits per heavy atom. The molecule has 0 amide bonds. The van der Waals surface area contributed by atoms with Gasteiger partial charge in [-0.1, -0.05) is 6.07 Å². The van der Waals surface area contributed by atoms with Crippen molar-refractivity contribution in [1.29, 1.82) is 0 Å². The van der Waals surface area contributed by atoms with Gasteiger partial charge in [-0.15, -0.1) is 0 Å². The van der Waals surface area contributed by atoms with Gasteiger partial charge in [-0.05, 0) is 54.4 Å². The molecule has 0 bridgehead atoms. The second-order valence-corrected chi connectivity index (χ2v) is 6.24. The van der Waals surface area contributed by atoms with Crippen LogP contribution in [0.1, 0.15) is 26.3 Å². The van der Waals surface area contributed by atoms with Crippen molar-refractivity contribution in [1.82, 2.24) is 4.90 Å². The van der Waals surface area contributed by atoms with Gasteiger partial charge in [-0.25, -0.2) is 0 Å². The molecular formula is C14H20BrNO3. The summed E-state index contributed by atoms with van der Waals surface area (Å²) in [5, 5.41) is 8.99. The second-order valence-electron chi connectivity index (χ2n) is 5.39. The number of rotatable bonds is 5. The van der Waals surface area contributed by atoms with Crippen LogP contribution in [0.2, 0.25) is 0 Å². The predicted octanol–water partition coefficient (Wildman–Crippen LogP) is 3.14. The van der Waals surface area contributed by atoms with E-state index in [0.29, 0.717) is 6.54 Å². The molecule has 0 aromatic heterocycles. The maximum absolute atomic E-state index is 10.9. The molecule has 1 aromatic carbocycles. The Kier molecular flexibility index (Phi) is 5.38. The summed E-state index contributed by atoms with van der Waals surface area (Å²) in [5.41, 5.74) is 0.842. The van der Waals surface area contributed by atoms with E-state index in [-0.39, 0.29) is 12.1 Å². The summed E-state index contributed by atoms with van der Waals surface area (Å²) in [4.78, 5) is 12.9. The monoisotopic (exact) mass is 329 g/mol. The van der Waals surface area contributed by atoms with Gasteiger partial charge in [-0.2, -0.15) is 0 Å². The first kappa shape index (κ1) is 16.0. The lowest BCUT2D eigenvalue weighted by atomic mass is 10.0. The van der Waals surface area contributed by atoms with Crippen LogP contribution in [0.4, 0.5) is 0 Å². The lowest BCUT2D eigenvalue weighted by Crippen LogP contribution is -2.43. The quantitative estimate of drug-likeness (QED) is 0.901. The van der Waals surface area contributed by atoms with Gasteiger partial charge in [0.2, 0.25) is 0 Å². The molecular weight excluding hydrogens is 310 g/mol. The van der Waals surface area contributed by atoms with Crippen LogP contribution in [0.25, 0.3) is 0 Å². The summed E-state index contributed by atoms with van der Waals surface area (Å²) in [6.07, 6.45) is 0. The van der Waals surface area contributed by atoms with E-state index in [2.05, 4.69) is 15.9 Å². The van der Waals surface area contributed by atoms with Crippen LogP contribution >= 0.6 is 15.9 Å². The number of methoxy groups -OCH3 is 1. The standard InChI is InChI=1S/C14H20BrNO3/c1-14(2,3)16(9-13(17)18)8-10-5-6-12(19-4)11(15)7-10/h5-7H,8-9H2,1-4H3,(H,17,18). The van der Waals surface area contributed by atoms with Crippen LogP contribution in [-0.4, -0.2) is 35.2 Å². The van der Waals surface area contributed by atoms with E-state index >= 15 is 0 Å². The van der Waals surface area contributed by atoms with Crippen molar-refractivity contribution in [2.45, 2.75) is 32.9 Å². The number of nitrogens with zero attached hydrogens (tertiary/aromatic N) is 1. The SMILES string of the molecule is COc1ccc(CN(CC(=O)O)C(C)(C)C)cc1Br. The first-order valence-corrected chi connectivity index (χ1v) is 6.82. The summed E-state index contributed by atoms with van der Waals surface area (Å²) in [7, 11) is 1.62. The first-order chi connectivity index (χ1) is 8.74. The molecule has 0 radical (unpaired) electrons. The first-order valence-electron chi connectivity index (χ1n) is 6.03. The number of ether oxygens (including phenoxy) is 1. The average molecular weight is 330 g/mol. The normalized spacial score (nSPS) is 11.7. The van der Waals surface area contributed by atoms with Gasteiger partial charge in [-0.3, -0.25) is 9.69 Å². The summed E-state index contributed by atoms with van der Waals surface area (Å²) in [6.45, 7) is 6.63. The maximum atomic E-state index is 10.9. The summed E-state index contributed by atoms with van der Waals surface area (Å²) < 4.78 is 6.05. The van der Waals surface area contributed by atoms with Crippen molar-refractivity contribution in [3.63, 3.8) is 0 Å². The van der Waals surface area contributed by atoms with Crippen molar-refractivity contribution in [3.8, 4) is 5.75 Å². The van der Waals surface area contributed by atoms with Crippen LogP contribution < -0.4 is 4.74 Å². The number of carbonyl (C=O) groups is 1. The minimum atomic E-state index is -0.817. The third-order valence-corrected chi connectivity index (χ3v) is 3.48. The Morgan fingerprint density at radius 3 is 2.47 bits per heavy atom. The Labute approximate surface area is 122 Å². The van der Waals surface area contributed by atoms with Crippen molar-refractivity contribution >= 4 is 21.9 Å². The molecule has 1 N–H and O–H groups in total. The zero-order valence-electron chi connectivity index (χ0n) is 11.7. The fourth-order valence-electron chi connectivity index (χ4n) is 1.72. The number of hydrogen-bond acceptors (Lipinski definition) is 3. The van der Waals surface area contributed by atoms with Crippen LogP contribution in [0.5, 0.6) is 5.75 Å². The molecule has 5 heteroatoms. The van der Waals surface area contributed by atoms with E-state index in [9.17, 15) is 4.79 Å². The van der Waals surface area contributed by atoms with Crippen molar-refractivity contribution in [3.05, 3.63) is 28.2 Å². The summed E-state index contributed by atoms with van der Waals surface area (Å²) in [5.74, 6) is -0.0493. The number of aliphatic carboxylic acids is 1. The Morgan fingerprint density at radius 1 is 1.42 bits per heavy atom. The molecule has 0 spiro atoms. The third-order valence-electron chi connectivity index (χ3n) is 2.86. The molecule has 0 atom stereocenters. The highest BCUT2D eigenvalue weighted by molar-refractivity contribution is 9.10. The predicted molar refractivity (Wildman–Crippen MR) is 78.5 cm³/mol. The largest absolute Gasteiger partial charge is 0.496 e. The van der Waals surface area contributed by atoms with Crippen molar-refractivity contribution in [2.75, 3.05) is 13.7 Å². The molecule has 106 valence electrons. The van der Waals surface area contributed by atoms with Crippen LogP contribution in [0, 0.1) is 0 Å². The molecule has 1 aromatic rings. The van der Waals surface area contributed by atoms with E-state index in [1.54, 1.807) is 7.11 Å². The molecule has 0 aliphatic carbocycles. The molecule has 0 unspecified atom stereocenters. The Balaban J connectivity index is 2.90. The van der Waals surface area contributed by atoms with Crippen LogP contribution in [0.15, 0.2) is 22.7 Å². The third kappa shape index (κ3) is 4.84. The van der Waals surface area contributed by atoms with E-state index in [0.717, 1.165) is 15.8 Å². The zero-order chi connectivity index (χ0) is 14.6. The van der Waals surface area contributed by atoms with E-state index < -0.39 is 5.97 Å². The van der Waals surface area contributed by atoms with Gasteiger partial charge < -0.3 is 9.84 Å². The number of carboxylic acid groups (broad SMARTS) is 1. The highest BCUT2D eigenvalue weighted by atomic mass is 79.9. The van der Waals surface area contributed by atoms with Crippen molar-refractivity contribution in [2.24, 2.45) is 0 Å². The molecule has 0 aliphatic heterocycles. The number of halogens is 1. The van der Waals surface area contributed by atoms with Crippen LogP contribution in [0.3, 0.4) is 0 Å². The van der Waals surface area contributed by atoms with Gasteiger partial charge in [0, 0.05) is 12.1 Å². The van der Waals surface area contributed by atoms with Gasteiger partial charge in [0.25, 0.3) is 0 Å². The maximum Gasteiger partial charge on any atom is 0.317 e. The molecule has 1 rings (SSSR count). The highest BCUT2D eigenvalue weighted by Gasteiger charge is 2.23. The summed E-state index contributed by atoms with van der Waals surface area (Å²) in [6, 6.07) is 5.78. The Hall–Kier alpha value is -1.07. The molecule has 0 saturated carbocycles. The van der Waals surface area contributed by atoms with Gasteiger partial charge >= 0.3 is 5.97 Å². The van der Waals surface area contributed by atoms with E-state index in [4.69, 9.17) is 9.84 Å². The molecule has 0 saturated heterocycles. The van der Waals surface area contributed by atoms with Crippen molar-refractivity contribution < 1.29 is 14.6 Å². The van der Waals surface area contributed by atoms with Gasteiger partial charge in [0.1, 0.15) is 5.75 Å². The number of benzene rings is 1. The minimum absolute atomic E-state index is 0.0210. The lowest BCUT2D eigenvalue weighted by Gasteiger charge is -2.34. The molecule has 0 fully saturated rings. The average Bonchev–Trinajstić information content (AvgIpc) is 2.26. The Bertz CT molecular complexity index is 454. The minimum Gasteiger partial charge on any atom is -0.496 e. The molecule has 4 nitrogen and oxygen atoms in total. The van der Waals surface area contributed by atoms with E-state index in [1.165, 1.54) is 0 Å². The number of carboxylic acids is 1. The fourth-order valence-corrected chi connectivity index (χ4v) is 2.31. The molecule has 0 aliphatic rings. The summed E-state index contributed by atoms with van der Waals surface area (Å²) >= 11 is 3.44. The topological polar surface area (TPSA) is 49.8 Å². The molecule has 0 heterocycles. The zero-order valence-corrected chi connectivity index (χ0v) is 13.3. The smallest absolute Gasteiger partial charge is 0.317 e. The highest BCUT2D eigenvalue weighted by Crippen LogP contribution is 2.27. The van der Waals surface area contributed by atoms with Crippen LogP contribution in [-0.2, 0) is 11.3 Å². The second kappa shape index (κ2) is 6.39. The van der Waals surface area contributed by atoms with Gasteiger partial charge in [0.05, 0.1) is 18.1 Å².